The zero-order chi connectivity index (χ0) is 12.5. The first kappa shape index (κ1) is 10.9. The zero-order valence-corrected chi connectivity index (χ0v) is 9.96. The van der Waals surface area contributed by atoms with Crippen molar-refractivity contribution in [2.75, 3.05) is 0 Å². The second-order valence-electron chi connectivity index (χ2n) is 4.22. The molecule has 0 amide bonds. The SMILES string of the molecule is CC(N)c1nccc(-c2ccc3nc[nH]c3c2)n1. The maximum absolute atomic E-state index is 5.79. The van der Waals surface area contributed by atoms with Crippen LogP contribution < -0.4 is 5.73 Å². The summed E-state index contributed by atoms with van der Waals surface area (Å²) in [6, 6.07) is 7.70. The van der Waals surface area contributed by atoms with Gasteiger partial charge in [-0.25, -0.2) is 15.0 Å². The molecule has 3 aromatic rings. The average molecular weight is 239 g/mol. The van der Waals surface area contributed by atoms with Crippen LogP contribution in [0.4, 0.5) is 0 Å². The molecule has 1 unspecified atom stereocenters. The van der Waals surface area contributed by atoms with Gasteiger partial charge in [-0.05, 0) is 25.1 Å². The lowest BCUT2D eigenvalue weighted by molar-refractivity contribution is 0.741. The molecule has 0 saturated carbocycles. The Morgan fingerprint density at radius 1 is 1.22 bits per heavy atom. The molecule has 1 atom stereocenters. The monoisotopic (exact) mass is 239 g/mol. The van der Waals surface area contributed by atoms with Crippen LogP contribution >= 0.6 is 0 Å². The summed E-state index contributed by atoms with van der Waals surface area (Å²) in [7, 11) is 0. The van der Waals surface area contributed by atoms with Gasteiger partial charge in [-0.3, -0.25) is 0 Å². The van der Waals surface area contributed by atoms with Gasteiger partial charge in [0.25, 0.3) is 0 Å². The van der Waals surface area contributed by atoms with Crippen LogP contribution in [-0.2, 0) is 0 Å². The number of aromatic nitrogens is 4. The summed E-state index contributed by atoms with van der Waals surface area (Å²) >= 11 is 0. The summed E-state index contributed by atoms with van der Waals surface area (Å²) < 4.78 is 0. The van der Waals surface area contributed by atoms with E-state index in [2.05, 4.69) is 19.9 Å². The maximum atomic E-state index is 5.79. The summed E-state index contributed by atoms with van der Waals surface area (Å²) in [5.74, 6) is 0.650. The Hall–Kier alpha value is -2.27. The van der Waals surface area contributed by atoms with Crippen LogP contribution in [0, 0.1) is 0 Å². The van der Waals surface area contributed by atoms with E-state index in [1.54, 1.807) is 12.5 Å². The van der Waals surface area contributed by atoms with E-state index in [4.69, 9.17) is 5.73 Å². The Balaban J connectivity index is 2.10. The smallest absolute Gasteiger partial charge is 0.145 e. The number of rotatable bonds is 2. The second-order valence-corrected chi connectivity index (χ2v) is 4.22. The van der Waals surface area contributed by atoms with Gasteiger partial charge < -0.3 is 10.7 Å². The molecular formula is C13H13N5. The molecule has 5 heteroatoms. The lowest BCUT2D eigenvalue weighted by Gasteiger charge is -2.06. The third-order valence-corrected chi connectivity index (χ3v) is 2.80. The van der Waals surface area contributed by atoms with Crippen LogP contribution in [0.3, 0.4) is 0 Å². The van der Waals surface area contributed by atoms with Crippen LogP contribution in [0.5, 0.6) is 0 Å². The minimum absolute atomic E-state index is 0.166. The predicted molar refractivity (Wildman–Crippen MR) is 69.7 cm³/mol. The van der Waals surface area contributed by atoms with E-state index in [1.165, 1.54) is 0 Å². The largest absolute Gasteiger partial charge is 0.345 e. The number of benzene rings is 1. The van der Waals surface area contributed by atoms with Gasteiger partial charge in [0.2, 0.25) is 0 Å². The maximum Gasteiger partial charge on any atom is 0.145 e. The summed E-state index contributed by atoms with van der Waals surface area (Å²) in [6.07, 6.45) is 3.42. The van der Waals surface area contributed by atoms with Crippen LogP contribution in [-0.4, -0.2) is 19.9 Å². The minimum atomic E-state index is -0.166. The van der Waals surface area contributed by atoms with Gasteiger partial charge >= 0.3 is 0 Å². The molecule has 0 aliphatic heterocycles. The van der Waals surface area contributed by atoms with Crippen molar-refractivity contribution in [1.82, 2.24) is 19.9 Å². The number of hydrogen-bond donors (Lipinski definition) is 2. The van der Waals surface area contributed by atoms with Crippen molar-refractivity contribution in [3.05, 3.63) is 42.6 Å². The highest BCUT2D eigenvalue weighted by atomic mass is 14.9. The van der Waals surface area contributed by atoms with Gasteiger partial charge in [0.1, 0.15) is 5.82 Å². The third-order valence-electron chi connectivity index (χ3n) is 2.80. The first-order valence-corrected chi connectivity index (χ1v) is 5.76. The van der Waals surface area contributed by atoms with E-state index in [-0.39, 0.29) is 6.04 Å². The van der Waals surface area contributed by atoms with E-state index < -0.39 is 0 Å². The Bertz CT molecular complexity index is 686. The van der Waals surface area contributed by atoms with Gasteiger partial charge in [0, 0.05) is 11.8 Å². The Labute approximate surface area is 104 Å². The fraction of sp³-hybridized carbons (Fsp3) is 0.154. The van der Waals surface area contributed by atoms with Gasteiger partial charge in [-0.1, -0.05) is 6.07 Å². The highest BCUT2D eigenvalue weighted by Gasteiger charge is 2.06. The topological polar surface area (TPSA) is 80.5 Å². The molecule has 0 radical (unpaired) electrons. The van der Waals surface area contributed by atoms with Crippen molar-refractivity contribution in [3.63, 3.8) is 0 Å². The van der Waals surface area contributed by atoms with E-state index in [0.717, 1.165) is 22.3 Å². The summed E-state index contributed by atoms with van der Waals surface area (Å²) in [5, 5.41) is 0. The van der Waals surface area contributed by atoms with Crippen LogP contribution in [0.1, 0.15) is 18.8 Å². The summed E-state index contributed by atoms with van der Waals surface area (Å²) in [4.78, 5) is 15.9. The molecule has 0 aliphatic carbocycles. The molecule has 0 spiro atoms. The van der Waals surface area contributed by atoms with Crippen molar-refractivity contribution in [2.45, 2.75) is 13.0 Å². The molecule has 0 aliphatic rings. The van der Waals surface area contributed by atoms with E-state index in [9.17, 15) is 0 Å². The quantitative estimate of drug-likeness (QED) is 0.717. The number of fused-ring (bicyclic) bond motifs is 1. The molecule has 18 heavy (non-hydrogen) atoms. The Morgan fingerprint density at radius 2 is 2.11 bits per heavy atom. The number of nitrogens with two attached hydrogens (primary N) is 1. The van der Waals surface area contributed by atoms with Gasteiger partial charge in [0.15, 0.2) is 0 Å². The molecule has 2 aromatic heterocycles. The normalized spacial score (nSPS) is 12.8. The van der Waals surface area contributed by atoms with E-state index in [0.29, 0.717) is 5.82 Å². The number of hydrogen-bond acceptors (Lipinski definition) is 4. The van der Waals surface area contributed by atoms with Gasteiger partial charge in [-0.2, -0.15) is 0 Å². The number of nitrogens with zero attached hydrogens (tertiary/aromatic N) is 3. The number of nitrogens with one attached hydrogen (secondary N) is 1. The average Bonchev–Trinajstić information content (AvgIpc) is 2.86. The molecule has 0 saturated heterocycles. The molecule has 90 valence electrons. The van der Waals surface area contributed by atoms with Crippen molar-refractivity contribution in [3.8, 4) is 11.3 Å². The number of imidazole rings is 1. The number of aromatic amines is 1. The van der Waals surface area contributed by atoms with Crippen LogP contribution in [0.2, 0.25) is 0 Å². The third kappa shape index (κ3) is 1.84. The molecular weight excluding hydrogens is 226 g/mol. The van der Waals surface area contributed by atoms with Crippen molar-refractivity contribution in [2.24, 2.45) is 5.73 Å². The van der Waals surface area contributed by atoms with Gasteiger partial charge in [0.05, 0.1) is 29.1 Å². The second kappa shape index (κ2) is 4.19. The molecule has 2 heterocycles. The molecule has 0 fully saturated rings. The molecule has 3 rings (SSSR count). The molecule has 5 nitrogen and oxygen atoms in total. The minimum Gasteiger partial charge on any atom is -0.345 e. The molecule has 3 N–H and O–H groups in total. The first-order valence-electron chi connectivity index (χ1n) is 5.76. The van der Waals surface area contributed by atoms with E-state index in [1.807, 2.05) is 31.2 Å². The summed E-state index contributed by atoms with van der Waals surface area (Å²) in [6.45, 7) is 1.87. The zero-order valence-electron chi connectivity index (χ0n) is 9.96. The molecule has 1 aromatic carbocycles. The van der Waals surface area contributed by atoms with Gasteiger partial charge in [-0.15, -0.1) is 0 Å². The lowest BCUT2D eigenvalue weighted by atomic mass is 10.1. The predicted octanol–water partition coefficient (Wildman–Crippen LogP) is 2.04. The standard InChI is InChI=1S/C13H13N5/c1-8(14)13-15-5-4-10(18-13)9-2-3-11-12(6-9)17-7-16-11/h2-8H,14H2,1H3,(H,16,17). The van der Waals surface area contributed by atoms with Crippen molar-refractivity contribution in [1.29, 1.82) is 0 Å². The highest BCUT2D eigenvalue weighted by Crippen LogP contribution is 2.21. The van der Waals surface area contributed by atoms with E-state index >= 15 is 0 Å². The Kier molecular flexibility index (Phi) is 2.53. The fourth-order valence-electron chi connectivity index (χ4n) is 1.85. The first-order chi connectivity index (χ1) is 8.74. The summed E-state index contributed by atoms with van der Waals surface area (Å²) in [5.41, 5.74) is 9.63. The van der Waals surface area contributed by atoms with Crippen LogP contribution in [0.15, 0.2) is 36.8 Å². The lowest BCUT2D eigenvalue weighted by Crippen LogP contribution is -2.09. The Morgan fingerprint density at radius 3 is 2.94 bits per heavy atom. The van der Waals surface area contributed by atoms with Crippen molar-refractivity contribution < 1.29 is 0 Å². The fourth-order valence-corrected chi connectivity index (χ4v) is 1.85. The highest BCUT2D eigenvalue weighted by molar-refractivity contribution is 5.80. The molecule has 0 bridgehead atoms. The number of H-pyrrole nitrogens is 1. The van der Waals surface area contributed by atoms with Crippen molar-refractivity contribution >= 4 is 11.0 Å². The van der Waals surface area contributed by atoms with Crippen LogP contribution in [0.25, 0.3) is 22.3 Å².